The maximum atomic E-state index is 11.0. The molecule has 0 atom stereocenters. The number of hydrogen-bond donors (Lipinski definition) is 2. The van der Waals surface area contributed by atoms with Crippen LogP contribution in [0.1, 0.15) is 21.6 Å². The molecule has 0 unspecified atom stereocenters. The number of carboxylic acid groups (broad SMARTS) is 1. The monoisotopic (exact) mass is 215 g/mol. The summed E-state index contributed by atoms with van der Waals surface area (Å²) < 4.78 is 0. The van der Waals surface area contributed by atoms with Crippen molar-refractivity contribution in [3.05, 3.63) is 47.3 Å². The number of aromatic amines is 1. The number of carboxylic acids is 1. The van der Waals surface area contributed by atoms with Crippen molar-refractivity contribution in [2.45, 2.75) is 13.8 Å². The first-order chi connectivity index (χ1) is 7.59. The van der Waals surface area contributed by atoms with E-state index < -0.39 is 5.97 Å². The molecule has 1 heterocycles. The van der Waals surface area contributed by atoms with E-state index >= 15 is 0 Å². The molecule has 0 aliphatic rings. The highest BCUT2D eigenvalue weighted by Gasteiger charge is 2.12. The van der Waals surface area contributed by atoms with Crippen LogP contribution >= 0.6 is 0 Å². The Hall–Kier alpha value is -2.03. The van der Waals surface area contributed by atoms with E-state index in [1.165, 1.54) is 5.56 Å². The van der Waals surface area contributed by atoms with Crippen LogP contribution in [0.3, 0.4) is 0 Å². The van der Waals surface area contributed by atoms with Crippen LogP contribution in [0.2, 0.25) is 0 Å². The number of H-pyrrole nitrogens is 1. The van der Waals surface area contributed by atoms with Crippen molar-refractivity contribution in [3.63, 3.8) is 0 Å². The van der Waals surface area contributed by atoms with Crippen molar-refractivity contribution in [2.24, 2.45) is 0 Å². The van der Waals surface area contributed by atoms with Crippen LogP contribution in [0.4, 0.5) is 0 Å². The van der Waals surface area contributed by atoms with Gasteiger partial charge in [-0.2, -0.15) is 0 Å². The van der Waals surface area contributed by atoms with E-state index in [-0.39, 0.29) is 5.69 Å². The van der Waals surface area contributed by atoms with Gasteiger partial charge in [0, 0.05) is 11.8 Å². The van der Waals surface area contributed by atoms with Crippen LogP contribution in [0.5, 0.6) is 0 Å². The van der Waals surface area contributed by atoms with E-state index in [9.17, 15) is 4.79 Å². The smallest absolute Gasteiger partial charge is 0.352 e. The van der Waals surface area contributed by atoms with Crippen molar-refractivity contribution in [1.29, 1.82) is 0 Å². The van der Waals surface area contributed by atoms with E-state index in [1.54, 1.807) is 12.3 Å². The third-order valence-electron chi connectivity index (χ3n) is 2.78. The first-order valence-electron chi connectivity index (χ1n) is 5.08. The van der Waals surface area contributed by atoms with Crippen molar-refractivity contribution in [3.8, 4) is 11.1 Å². The fourth-order valence-electron chi connectivity index (χ4n) is 1.70. The maximum absolute atomic E-state index is 11.0. The fraction of sp³-hybridized carbons (Fsp3) is 0.154. The van der Waals surface area contributed by atoms with Gasteiger partial charge in [0.2, 0.25) is 0 Å². The summed E-state index contributed by atoms with van der Waals surface area (Å²) in [5.74, 6) is -0.932. The molecule has 0 fully saturated rings. The molecule has 82 valence electrons. The normalized spacial score (nSPS) is 10.4. The lowest BCUT2D eigenvalue weighted by molar-refractivity contribution is 0.0692. The van der Waals surface area contributed by atoms with Gasteiger partial charge >= 0.3 is 5.97 Å². The molecule has 0 bridgehead atoms. The van der Waals surface area contributed by atoms with Gasteiger partial charge in [0.05, 0.1) is 0 Å². The Labute approximate surface area is 93.7 Å². The highest BCUT2D eigenvalue weighted by atomic mass is 16.4. The van der Waals surface area contributed by atoms with Crippen molar-refractivity contribution in [2.75, 3.05) is 0 Å². The summed E-state index contributed by atoms with van der Waals surface area (Å²) in [6.07, 6.45) is 1.65. The number of rotatable bonds is 2. The SMILES string of the molecule is Cc1ccc(-c2cc[nH]c2C(=O)O)cc1C. The third kappa shape index (κ3) is 1.72. The van der Waals surface area contributed by atoms with Crippen LogP contribution in [0, 0.1) is 13.8 Å². The number of aromatic carboxylic acids is 1. The standard InChI is InChI=1S/C13H13NO2/c1-8-3-4-10(7-9(8)2)11-5-6-14-12(11)13(15)16/h3-7,14H,1-2H3,(H,15,16). The zero-order chi connectivity index (χ0) is 11.7. The molecule has 3 heteroatoms. The van der Waals surface area contributed by atoms with Crippen LogP contribution in [-0.2, 0) is 0 Å². The maximum Gasteiger partial charge on any atom is 0.352 e. The predicted octanol–water partition coefficient (Wildman–Crippen LogP) is 3.00. The Balaban J connectivity index is 2.54. The van der Waals surface area contributed by atoms with Crippen molar-refractivity contribution >= 4 is 5.97 Å². The molecule has 3 nitrogen and oxygen atoms in total. The number of nitrogens with one attached hydrogen (secondary N) is 1. The van der Waals surface area contributed by atoms with Gasteiger partial charge in [0.15, 0.2) is 0 Å². The second kappa shape index (κ2) is 3.85. The van der Waals surface area contributed by atoms with Gasteiger partial charge in [-0.3, -0.25) is 0 Å². The molecule has 16 heavy (non-hydrogen) atoms. The van der Waals surface area contributed by atoms with Crippen LogP contribution < -0.4 is 0 Å². The lowest BCUT2D eigenvalue weighted by Crippen LogP contribution is -1.98. The molecule has 2 aromatic rings. The van der Waals surface area contributed by atoms with E-state index in [0.717, 1.165) is 16.7 Å². The summed E-state index contributed by atoms with van der Waals surface area (Å²) in [5.41, 5.74) is 4.27. The van der Waals surface area contributed by atoms with Gasteiger partial charge in [-0.15, -0.1) is 0 Å². The van der Waals surface area contributed by atoms with E-state index in [0.29, 0.717) is 0 Å². The molecule has 1 aromatic carbocycles. The second-order valence-corrected chi connectivity index (χ2v) is 3.87. The molecule has 0 aliphatic heterocycles. The highest BCUT2D eigenvalue weighted by Crippen LogP contribution is 2.25. The van der Waals surface area contributed by atoms with Gasteiger partial charge in [-0.05, 0) is 36.6 Å². The number of carbonyl (C=O) groups is 1. The summed E-state index contributed by atoms with van der Waals surface area (Å²) in [6.45, 7) is 4.06. The summed E-state index contributed by atoms with van der Waals surface area (Å²) >= 11 is 0. The summed E-state index contributed by atoms with van der Waals surface area (Å²) in [6, 6.07) is 7.74. The zero-order valence-electron chi connectivity index (χ0n) is 9.24. The average Bonchev–Trinajstić information content (AvgIpc) is 2.71. The number of aryl methyl sites for hydroxylation is 2. The molecule has 0 saturated heterocycles. The number of hydrogen-bond acceptors (Lipinski definition) is 1. The Kier molecular flexibility index (Phi) is 2.52. The van der Waals surface area contributed by atoms with E-state index in [1.807, 2.05) is 32.0 Å². The molecule has 1 aromatic heterocycles. The molecule has 2 rings (SSSR count). The van der Waals surface area contributed by atoms with Crippen LogP contribution in [0.15, 0.2) is 30.5 Å². The highest BCUT2D eigenvalue weighted by molar-refractivity contribution is 5.94. The minimum atomic E-state index is -0.932. The molecule has 0 aliphatic carbocycles. The van der Waals surface area contributed by atoms with Crippen molar-refractivity contribution in [1.82, 2.24) is 4.98 Å². The quantitative estimate of drug-likeness (QED) is 0.809. The van der Waals surface area contributed by atoms with Crippen LogP contribution in [-0.4, -0.2) is 16.1 Å². The molecule has 0 amide bonds. The van der Waals surface area contributed by atoms with Crippen LogP contribution in [0.25, 0.3) is 11.1 Å². The third-order valence-corrected chi connectivity index (χ3v) is 2.78. The summed E-state index contributed by atoms with van der Waals surface area (Å²) in [7, 11) is 0. The molecule has 0 radical (unpaired) electrons. The van der Waals surface area contributed by atoms with Gasteiger partial charge in [0.1, 0.15) is 5.69 Å². The Morgan fingerprint density at radius 2 is 1.94 bits per heavy atom. The van der Waals surface area contributed by atoms with Gasteiger partial charge in [-0.1, -0.05) is 18.2 Å². The van der Waals surface area contributed by atoms with Gasteiger partial charge in [0.25, 0.3) is 0 Å². The second-order valence-electron chi connectivity index (χ2n) is 3.87. The zero-order valence-corrected chi connectivity index (χ0v) is 9.24. The molecule has 0 spiro atoms. The predicted molar refractivity (Wildman–Crippen MR) is 62.7 cm³/mol. The number of benzene rings is 1. The Morgan fingerprint density at radius 1 is 1.19 bits per heavy atom. The average molecular weight is 215 g/mol. The molecule has 0 saturated carbocycles. The first-order valence-corrected chi connectivity index (χ1v) is 5.08. The van der Waals surface area contributed by atoms with Gasteiger partial charge < -0.3 is 10.1 Å². The molecular weight excluding hydrogens is 202 g/mol. The fourth-order valence-corrected chi connectivity index (χ4v) is 1.70. The topological polar surface area (TPSA) is 53.1 Å². The minimum absolute atomic E-state index is 0.239. The summed E-state index contributed by atoms with van der Waals surface area (Å²) in [4.78, 5) is 13.7. The summed E-state index contributed by atoms with van der Waals surface area (Å²) in [5, 5.41) is 9.01. The van der Waals surface area contributed by atoms with Gasteiger partial charge in [-0.25, -0.2) is 4.79 Å². The van der Waals surface area contributed by atoms with Crippen molar-refractivity contribution < 1.29 is 9.90 Å². The van der Waals surface area contributed by atoms with E-state index in [4.69, 9.17) is 5.11 Å². The lowest BCUT2D eigenvalue weighted by atomic mass is 10.0. The lowest BCUT2D eigenvalue weighted by Gasteiger charge is -2.04. The Bertz CT molecular complexity index is 541. The van der Waals surface area contributed by atoms with E-state index in [2.05, 4.69) is 4.98 Å². The molecular formula is C13H13NO2. The number of aromatic nitrogens is 1. The molecule has 2 N–H and O–H groups in total. The Morgan fingerprint density at radius 3 is 2.56 bits per heavy atom. The minimum Gasteiger partial charge on any atom is -0.477 e. The first kappa shape index (κ1) is 10.5. The largest absolute Gasteiger partial charge is 0.477 e.